The minimum absolute atomic E-state index is 0.0206. The van der Waals surface area contributed by atoms with Gasteiger partial charge in [-0.25, -0.2) is 0 Å². The number of carbonyl (C=O) groups excluding carboxylic acids is 4. The summed E-state index contributed by atoms with van der Waals surface area (Å²) in [7, 11) is 1.52. The predicted octanol–water partition coefficient (Wildman–Crippen LogP) is 6.32. The standard InChI is InChI=1S/C40H33Cl2N3O8/c1-53-23-10-7-21(8-11-23)40-29(37(50)45(39(40)52)43-31-15-9-22(41)18-30(31)42)19-28-25(34(40)27-12-6-20-4-2-3-5-24(20)35(27)48)13-14-26-33(28)38(51)44(36(26)49)17-16-32(46)47/h2-13,15,18,26,28-29,33-34,43,48H,14,16-17,19H2,1H3,(H,46,47). The SMILES string of the molecule is COc1ccc(C23C(=O)N(Nc4ccc(Cl)cc4Cl)C(=O)C2CC2C(=CCC4C(=O)N(CCC(=O)O)C(=O)C42)C3c2ccc3ccccc3c2O)cc1. The normalized spacial score (nSPS) is 26.3. The fourth-order valence-electron chi connectivity index (χ4n) is 9.19. The Labute approximate surface area is 313 Å². The highest BCUT2D eigenvalue weighted by atomic mass is 35.5. The summed E-state index contributed by atoms with van der Waals surface area (Å²) < 4.78 is 5.45. The molecule has 4 amide bonds. The lowest BCUT2D eigenvalue weighted by Crippen LogP contribution is -2.53. The molecule has 11 nitrogen and oxygen atoms in total. The van der Waals surface area contributed by atoms with Gasteiger partial charge in [-0.2, -0.15) is 5.01 Å². The number of rotatable bonds is 8. The number of nitrogens with zero attached hydrogens (tertiary/aromatic N) is 2. The summed E-state index contributed by atoms with van der Waals surface area (Å²) in [6.07, 6.45) is 1.65. The second-order valence-corrected chi connectivity index (χ2v) is 14.8. The van der Waals surface area contributed by atoms with Crippen LogP contribution in [0.4, 0.5) is 5.69 Å². The lowest BCUT2D eigenvalue weighted by atomic mass is 9.49. The van der Waals surface area contributed by atoms with Crippen LogP contribution in [-0.2, 0) is 29.4 Å². The minimum atomic E-state index is -1.65. The van der Waals surface area contributed by atoms with Crippen molar-refractivity contribution in [1.29, 1.82) is 0 Å². The van der Waals surface area contributed by atoms with Crippen LogP contribution in [0.15, 0.2) is 90.5 Å². The number of carboxylic acids is 1. The van der Waals surface area contributed by atoms with Crippen molar-refractivity contribution in [2.75, 3.05) is 19.1 Å². The lowest BCUT2D eigenvalue weighted by molar-refractivity contribution is -0.143. The lowest BCUT2D eigenvalue weighted by Gasteiger charge is -2.50. The summed E-state index contributed by atoms with van der Waals surface area (Å²) >= 11 is 12.7. The van der Waals surface area contributed by atoms with Crippen LogP contribution in [0.2, 0.25) is 10.0 Å². The van der Waals surface area contributed by atoms with Gasteiger partial charge in [-0.1, -0.05) is 83.4 Å². The number of hydrogen-bond acceptors (Lipinski definition) is 8. The number of phenols is 1. The first kappa shape index (κ1) is 34.7. The molecule has 1 saturated carbocycles. The number of carbonyl (C=O) groups is 5. The number of hydrogen-bond donors (Lipinski definition) is 3. The Balaban J connectivity index is 1.36. The van der Waals surface area contributed by atoms with E-state index >= 15 is 4.79 Å². The smallest absolute Gasteiger partial charge is 0.305 e. The van der Waals surface area contributed by atoms with Gasteiger partial charge in [0, 0.05) is 28.4 Å². The molecule has 270 valence electrons. The van der Waals surface area contributed by atoms with Crippen molar-refractivity contribution in [1.82, 2.24) is 9.91 Å². The van der Waals surface area contributed by atoms with Crippen molar-refractivity contribution in [2.45, 2.75) is 30.6 Å². The number of phenolic OH excluding ortho intramolecular Hbond substituents is 1. The van der Waals surface area contributed by atoms with Gasteiger partial charge in [0.1, 0.15) is 11.5 Å². The van der Waals surface area contributed by atoms with E-state index in [0.29, 0.717) is 32.9 Å². The number of halogens is 2. The Bertz CT molecular complexity index is 2280. The minimum Gasteiger partial charge on any atom is -0.507 e. The summed E-state index contributed by atoms with van der Waals surface area (Å²) in [5.41, 5.74) is 3.08. The third-order valence-corrected chi connectivity index (χ3v) is 12.0. The fraction of sp³-hybridized carbons (Fsp3) is 0.275. The van der Waals surface area contributed by atoms with Crippen molar-refractivity contribution in [3.05, 3.63) is 112 Å². The number of fused-ring (bicyclic) bond motifs is 5. The number of ether oxygens (including phenoxy) is 1. The van der Waals surface area contributed by atoms with Crippen LogP contribution in [0.1, 0.15) is 36.3 Å². The topological polar surface area (TPSA) is 154 Å². The number of benzene rings is 4. The third-order valence-electron chi connectivity index (χ3n) is 11.5. The number of methoxy groups -OCH3 is 1. The molecule has 2 aliphatic heterocycles. The maximum Gasteiger partial charge on any atom is 0.305 e. The Kier molecular flexibility index (Phi) is 8.46. The molecule has 3 fully saturated rings. The van der Waals surface area contributed by atoms with E-state index in [0.717, 1.165) is 15.3 Å². The number of aromatic hydroxyl groups is 1. The molecule has 53 heavy (non-hydrogen) atoms. The van der Waals surface area contributed by atoms with E-state index in [4.69, 9.17) is 27.9 Å². The van der Waals surface area contributed by atoms with Gasteiger partial charge in [-0.3, -0.25) is 34.3 Å². The molecule has 4 aliphatic rings. The summed E-state index contributed by atoms with van der Waals surface area (Å²) in [4.78, 5) is 70.6. The monoisotopic (exact) mass is 753 g/mol. The first-order valence-electron chi connectivity index (χ1n) is 17.2. The number of hydrazine groups is 1. The average Bonchev–Trinajstić information content (AvgIpc) is 3.52. The molecule has 6 atom stereocenters. The first-order valence-corrected chi connectivity index (χ1v) is 17.9. The van der Waals surface area contributed by atoms with Gasteiger partial charge in [0.25, 0.3) is 11.8 Å². The maximum atomic E-state index is 15.4. The van der Waals surface area contributed by atoms with Crippen LogP contribution in [0.25, 0.3) is 10.8 Å². The molecule has 2 aliphatic carbocycles. The summed E-state index contributed by atoms with van der Waals surface area (Å²) in [6.45, 7) is -0.271. The Morgan fingerprint density at radius 3 is 2.42 bits per heavy atom. The van der Waals surface area contributed by atoms with Gasteiger partial charge in [-0.05, 0) is 60.0 Å². The number of anilines is 1. The second kappa shape index (κ2) is 12.9. The molecule has 4 aromatic rings. The Hall–Kier alpha value is -5.39. The van der Waals surface area contributed by atoms with Gasteiger partial charge < -0.3 is 14.9 Å². The molecule has 13 heteroatoms. The van der Waals surface area contributed by atoms with Crippen LogP contribution in [-0.4, -0.2) is 63.4 Å². The number of amides is 4. The number of aliphatic carboxylic acids is 1. The zero-order chi connectivity index (χ0) is 37.3. The van der Waals surface area contributed by atoms with Crippen LogP contribution in [0.3, 0.4) is 0 Å². The Morgan fingerprint density at radius 1 is 0.943 bits per heavy atom. The van der Waals surface area contributed by atoms with Gasteiger partial charge in [0.05, 0.1) is 47.4 Å². The van der Waals surface area contributed by atoms with E-state index in [9.17, 15) is 29.4 Å². The molecule has 3 N–H and O–H groups in total. The summed E-state index contributed by atoms with van der Waals surface area (Å²) in [6, 6.07) is 22.4. The third kappa shape index (κ3) is 5.20. The number of nitrogens with one attached hydrogen (secondary N) is 1. The highest BCUT2D eigenvalue weighted by Crippen LogP contribution is 2.65. The van der Waals surface area contributed by atoms with E-state index in [-0.39, 0.29) is 35.8 Å². The van der Waals surface area contributed by atoms with E-state index < -0.39 is 71.0 Å². The highest BCUT2D eigenvalue weighted by Gasteiger charge is 2.70. The van der Waals surface area contributed by atoms with E-state index in [2.05, 4.69) is 5.43 Å². The van der Waals surface area contributed by atoms with Crippen molar-refractivity contribution >= 4 is 69.3 Å². The molecule has 0 bridgehead atoms. The van der Waals surface area contributed by atoms with E-state index in [1.807, 2.05) is 24.3 Å². The van der Waals surface area contributed by atoms with Crippen molar-refractivity contribution < 1.29 is 38.9 Å². The zero-order valence-corrected chi connectivity index (χ0v) is 29.8. The second-order valence-electron chi connectivity index (χ2n) is 13.9. The molecule has 8 rings (SSSR count). The van der Waals surface area contributed by atoms with Crippen molar-refractivity contribution in [3.8, 4) is 11.5 Å². The van der Waals surface area contributed by atoms with E-state index in [1.54, 1.807) is 54.6 Å². The molecular formula is C40H33Cl2N3O8. The molecule has 0 radical (unpaired) electrons. The first-order chi connectivity index (χ1) is 25.5. The van der Waals surface area contributed by atoms with Crippen molar-refractivity contribution in [2.24, 2.45) is 23.7 Å². The quantitative estimate of drug-likeness (QED) is 0.139. The fourth-order valence-corrected chi connectivity index (χ4v) is 9.64. The van der Waals surface area contributed by atoms with Crippen molar-refractivity contribution in [3.63, 3.8) is 0 Å². The van der Waals surface area contributed by atoms with Gasteiger partial charge >= 0.3 is 5.97 Å². The molecule has 0 aromatic heterocycles. The Morgan fingerprint density at radius 2 is 1.70 bits per heavy atom. The number of allylic oxidation sites excluding steroid dienone is 2. The zero-order valence-electron chi connectivity index (χ0n) is 28.3. The van der Waals surface area contributed by atoms with E-state index in [1.165, 1.54) is 13.2 Å². The average molecular weight is 755 g/mol. The molecule has 4 aromatic carbocycles. The summed E-state index contributed by atoms with van der Waals surface area (Å²) in [5.74, 6) is -7.26. The molecule has 0 spiro atoms. The van der Waals surface area contributed by atoms with Crippen LogP contribution < -0.4 is 10.2 Å². The number of likely N-dealkylation sites (tertiary alicyclic amines) is 1. The largest absolute Gasteiger partial charge is 0.507 e. The van der Waals surface area contributed by atoms with Crippen LogP contribution in [0, 0.1) is 23.7 Å². The molecule has 2 heterocycles. The number of carboxylic acid groups (broad SMARTS) is 1. The number of imide groups is 2. The van der Waals surface area contributed by atoms with Gasteiger partial charge in [-0.15, -0.1) is 0 Å². The maximum absolute atomic E-state index is 15.4. The predicted molar refractivity (Wildman–Crippen MR) is 195 cm³/mol. The molecule has 2 saturated heterocycles. The van der Waals surface area contributed by atoms with Crippen LogP contribution in [0.5, 0.6) is 11.5 Å². The van der Waals surface area contributed by atoms with Gasteiger partial charge in [0.2, 0.25) is 11.8 Å². The van der Waals surface area contributed by atoms with Gasteiger partial charge in [0.15, 0.2) is 0 Å². The highest BCUT2D eigenvalue weighted by molar-refractivity contribution is 6.36. The molecular weight excluding hydrogens is 721 g/mol. The van der Waals surface area contributed by atoms with Crippen LogP contribution >= 0.6 is 23.2 Å². The summed E-state index contributed by atoms with van der Waals surface area (Å²) in [5, 5.41) is 24.3. The molecule has 6 unspecified atom stereocenters.